The van der Waals surface area contributed by atoms with E-state index < -0.39 is 6.03 Å². The third kappa shape index (κ3) is 4.20. The van der Waals surface area contributed by atoms with Crippen molar-refractivity contribution in [1.29, 1.82) is 0 Å². The molecular weight excluding hydrogens is 388 g/mol. The fourth-order valence-corrected chi connectivity index (χ4v) is 3.04. The molecule has 0 radical (unpaired) electrons. The van der Waals surface area contributed by atoms with Crippen molar-refractivity contribution in [2.75, 3.05) is 17.7 Å². The molecule has 0 fully saturated rings. The third-order valence-corrected chi connectivity index (χ3v) is 4.49. The third-order valence-electron chi connectivity index (χ3n) is 4.49. The van der Waals surface area contributed by atoms with Crippen LogP contribution in [0.5, 0.6) is 5.75 Å². The molecule has 7 heteroatoms. The summed E-state index contributed by atoms with van der Waals surface area (Å²) < 4.78 is 31.7. The molecule has 1 heterocycles. The smallest absolute Gasteiger partial charge is 0.323 e. The highest BCUT2D eigenvalue weighted by Gasteiger charge is 2.11. The molecule has 4 aromatic rings. The largest absolute Gasteiger partial charge is 0.496 e. The second-order valence-corrected chi connectivity index (χ2v) is 6.53. The van der Waals surface area contributed by atoms with Gasteiger partial charge in [-0.2, -0.15) is 0 Å². The number of amides is 2. The number of ether oxygens (including phenoxy) is 1. The van der Waals surface area contributed by atoms with Gasteiger partial charge in [-0.25, -0.2) is 18.6 Å². The van der Waals surface area contributed by atoms with Gasteiger partial charge in [0.2, 0.25) is 0 Å². The molecule has 150 valence electrons. The van der Waals surface area contributed by atoms with Gasteiger partial charge in [0.25, 0.3) is 0 Å². The van der Waals surface area contributed by atoms with E-state index >= 15 is 0 Å². The number of anilines is 2. The van der Waals surface area contributed by atoms with Crippen LogP contribution in [0.1, 0.15) is 0 Å². The van der Waals surface area contributed by atoms with Crippen LogP contribution in [0.25, 0.3) is 22.2 Å². The zero-order valence-corrected chi connectivity index (χ0v) is 15.9. The fraction of sp³-hybridized carbons (Fsp3) is 0.0435. The molecule has 0 spiro atoms. The summed E-state index contributed by atoms with van der Waals surface area (Å²) in [6.45, 7) is 0. The molecule has 0 saturated carbocycles. The van der Waals surface area contributed by atoms with Crippen molar-refractivity contribution in [3.05, 3.63) is 84.4 Å². The van der Waals surface area contributed by atoms with Crippen LogP contribution >= 0.6 is 0 Å². The van der Waals surface area contributed by atoms with Crippen molar-refractivity contribution >= 4 is 28.3 Å². The van der Waals surface area contributed by atoms with Crippen LogP contribution in [0.3, 0.4) is 0 Å². The average molecular weight is 405 g/mol. The summed E-state index contributed by atoms with van der Waals surface area (Å²) >= 11 is 0. The van der Waals surface area contributed by atoms with Crippen LogP contribution in [0.4, 0.5) is 25.0 Å². The Hall–Kier alpha value is -4.00. The van der Waals surface area contributed by atoms with E-state index in [0.717, 1.165) is 5.56 Å². The Morgan fingerprint density at radius 2 is 1.43 bits per heavy atom. The molecular formula is C23H17F2N3O2. The minimum Gasteiger partial charge on any atom is -0.496 e. The maximum Gasteiger partial charge on any atom is 0.323 e. The van der Waals surface area contributed by atoms with Crippen molar-refractivity contribution in [2.24, 2.45) is 0 Å². The number of hydrogen-bond donors (Lipinski definition) is 2. The predicted octanol–water partition coefficient (Wildman–Crippen LogP) is 5.83. The highest BCUT2D eigenvalue weighted by atomic mass is 19.1. The molecule has 30 heavy (non-hydrogen) atoms. The highest BCUT2D eigenvalue weighted by molar-refractivity contribution is 6.01. The minimum atomic E-state index is -0.462. The first-order valence-electron chi connectivity index (χ1n) is 9.10. The molecule has 0 saturated heterocycles. The van der Waals surface area contributed by atoms with Crippen molar-refractivity contribution in [2.45, 2.75) is 0 Å². The van der Waals surface area contributed by atoms with E-state index in [1.54, 1.807) is 43.5 Å². The van der Waals surface area contributed by atoms with E-state index in [9.17, 15) is 13.6 Å². The zero-order valence-electron chi connectivity index (χ0n) is 15.9. The number of aromatic nitrogens is 1. The molecule has 0 aliphatic heterocycles. The van der Waals surface area contributed by atoms with Crippen molar-refractivity contribution in [3.63, 3.8) is 0 Å². The SMILES string of the molecule is COc1cc(-c2ccc(F)cc2)nc2ccc(NC(=O)Nc3ccc(F)cc3)cc12. The lowest BCUT2D eigenvalue weighted by atomic mass is 10.1. The van der Waals surface area contributed by atoms with Crippen LogP contribution < -0.4 is 15.4 Å². The molecule has 0 atom stereocenters. The Balaban J connectivity index is 1.60. The Bertz CT molecular complexity index is 1210. The molecule has 0 unspecified atom stereocenters. The minimum absolute atomic E-state index is 0.318. The van der Waals surface area contributed by atoms with Gasteiger partial charge < -0.3 is 15.4 Å². The first-order valence-corrected chi connectivity index (χ1v) is 9.10. The second-order valence-electron chi connectivity index (χ2n) is 6.53. The Kier molecular flexibility index (Phi) is 5.26. The molecule has 1 aromatic heterocycles. The van der Waals surface area contributed by atoms with Gasteiger partial charge in [0.15, 0.2) is 0 Å². The van der Waals surface area contributed by atoms with Crippen molar-refractivity contribution in [3.8, 4) is 17.0 Å². The maximum atomic E-state index is 13.2. The molecule has 2 N–H and O–H groups in total. The lowest BCUT2D eigenvalue weighted by Gasteiger charge is -2.12. The van der Waals surface area contributed by atoms with E-state index in [1.807, 2.05) is 0 Å². The first-order chi connectivity index (χ1) is 14.5. The number of benzene rings is 3. The predicted molar refractivity (Wildman–Crippen MR) is 113 cm³/mol. The molecule has 0 aliphatic carbocycles. The number of rotatable bonds is 4. The van der Waals surface area contributed by atoms with Gasteiger partial charge >= 0.3 is 6.03 Å². The van der Waals surface area contributed by atoms with Gasteiger partial charge in [-0.05, 0) is 66.7 Å². The molecule has 0 bridgehead atoms. The zero-order chi connectivity index (χ0) is 21.1. The van der Waals surface area contributed by atoms with Gasteiger partial charge in [-0.1, -0.05) is 0 Å². The number of fused-ring (bicyclic) bond motifs is 1. The summed E-state index contributed by atoms with van der Waals surface area (Å²) in [5.74, 6) is -0.127. The lowest BCUT2D eigenvalue weighted by Crippen LogP contribution is -2.19. The molecule has 2 amide bonds. The number of carbonyl (C=O) groups is 1. The first kappa shape index (κ1) is 19.3. The summed E-state index contributed by atoms with van der Waals surface area (Å²) in [4.78, 5) is 16.8. The summed E-state index contributed by atoms with van der Waals surface area (Å²) in [6.07, 6.45) is 0. The normalized spacial score (nSPS) is 10.6. The van der Waals surface area contributed by atoms with Gasteiger partial charge in [0, 0.05) is 28.4 Å². The second kappa shape index (κ2) is 8.16. The highest BCUT2D eigenvalue weighted by Crippen LogP contribution is 2.31. The summed E-state index contributed by atoms with van der Waals surface area (Å²) in [5, 5.41) is 6.08. The van der Waals surface area contributed by atoms with Gasteiger partial charge in [0.1, 0.15) is 17.4 Å². The lowest BCUT2D eigenvalue weighted by molar-refractivity contribution is 0.262. The van der Waals surface area contributed by atoms with E-state index in [2.05, 4.69) is 15.6 Å². The summed E-state index contributed by atoms with van der Waals surface area (Å²) in [5.41, 5.74) is 3.08. The number of urea groups is 1. The molecule has 5 nitrogen and oxygen atoms in total. The number of hydrogen-bond acceptors (Lipinski definition) is 3. The van der Waals surface area contributed by atoms with Crippen LogP contribution in [0.15, 0.2) is 72.8 Å². The Labute approximate surface area is 171 Å². The van der Waals surface area contributed by atoms with Gasteiger partial charge in [-0.15, -0.1) is 0 Å². The fourth-order valence-electron chi connectivity index (χ4n) is 3.04. The molecule has 0 aliphatic rings. The molecule has 3 aromatic carbocycles. The standard InChI is InChI=1S/C23H17F2N3O2/c1-30-22-13-21(14-2-4-15(24)5-3-14)28-20-11-10-18(12-19(20)22)27-23(29)26-17-8-6-16(25)7-9-17/h2-13H,1H3,(H2,26,27,29). The van der Waals surface area contributed by atoms with Gasteiger partial charge in [0.05, 0.1) is 18.3 Å². The van der Waals surface area contributed by atoms with Crippen LogP contribution in [0, 0.1) is 11.6 Å². The van der Waals surface area contributed by atoms with E-state index in [-0.39, 0.29) is 11.6 Å². The van der Waals surface area contributed by atoms with E-state index in [1.165, 1.54) is 36.4 Å². The molecule has 4 rings (SSSR count). The maximum absolute atomic E-state index is 13.2. The van der Waals surface area contributed by atoms with Gasteiger partial charge in [-0.3, -0.25) is 0 Å². The van der Waals surface area contributed by atoms with Crippen LogP contribution in [0.2, 0.25) is 0 Å². The number of nitrogens with zero attached hydrogens (tertiary/aromatic N) is 1. The number of methoxy groups -OCH3 is 1. The summed E-state index contributed by atoms with van der Waals surface area (Å²) in [7, 11) is 1.55. The monoisotopic (exact) mass is 405 g/mol. The number of halogens is 2. The average Bonchev–Trinajstić information content (AvgIpc) is 2.75. The van der Waals surface area contributed by atoms with E-state index in [4.69, 9.17) is 4.74 Å². The Morgan fingerprint density at radius 1 is 0.833 bits per heavy atom. The van der Waals surface area contributed by atoms with Crippen molar-refractivity contribution in [1.82, 2.24) is 4.98 Å². The van der Waals surface area contributed by atoms with Crippen LogP contribution in [-0.2, 0) is 0 Å². The Morgan fingerprint density at radius 3 is 2.10 bits per heavy atom. The summed E-state index contributed by atoms with van der Waals surface area (Å²) in [6, 6.07) is 18.1. The quantitative estimate of drug-likeness (QED) is 0.449. The van der Waals surface area contributed by atoms with Crippen molar-refractivity contribution < 1.29 is 18.3 Å². The van der Waals surface area contributed by atoms with E-state index in [0.29, 0.717) is 33.7 Å². The topological polar surface area (TPSA) is 63.2 Å². The number of nitrogens with one attached hydrogen (secondary N) is 2. The number of carbonyl (C=O) groups excluding carboxylic acids is 1. The number of pyridine rings is 1. The van der Waals surface area contributed by atoms with Crippen LogP contribution in [-0.4, -0.2) is 18.1 Å².